The van der Waals surface area contributed by atoms with Gasteiger partial charge in [0, 0.05) is 32.7 Å². The van der Waals surface area contributed by atoms with Crippen LogP contribution in [0.1, 0.15) is 30.3 Å². The van der Waals surface area contributed by atoms with Crippen LogP contribution in [0.5, 0.6) is 0 Å². The van der Waals surface area contributed by atoms with E-state index in [1.165, 1.54) is 5.56 Å². The van der Waals surface area contributed by atoms with Gasteiger partial charge in [-0.2, -0.15) is 0 Å². The van der Waals surface area contributed by atoms with E-state index in [1.807, 2.05) is 22.8 Å². The first-order valence-corrected chi connectivity index (χ1v) is 8.72. The Morgan fingerprint density at radius 2 is 2.15 bits per heavy atom. The Morgan fingerprint density at radius 3 is 2.92 bits per heavy atom. The largest absolute Gasteiger partial charge is 0.383 e. The van der Waals surface area contributed by atoms with Crippen molar-refractivity contribution in [3.8, 4) is 0 Å². The zero-order valence-corrected chi connectivity index (χ0v) is 15.7. The summed E-state index contributed by atoms with van der Waals surface area (Å²) in [5.41, 5.74) is 1.24. The number of nitrogens with zero attached hydrogens (tertiary/aromatic N) is 3. The Labute approximate surface area is 159 Å². The molecule has 7 nitrogen and oxygen atoms in total. The molecule has 1 aliphatic rings. The molecule has 1 saturated heterocycles. The summed E-state index contributed by atoms with van der Waals surface area (Å²) in [6.45, 7) is 1.89. The minimum atomic E-state index is -0.128. The molecule has 3 rings (SSSR count). The summed E-state index contributed by atoms with van der Waals surface area (Å²) in [4.78, 5) is 12.4. The van der Waals surface area contributed by atoms with Crippen molar-refractivity contribution < 1.29 is 9.53 Å². The van der Waals surface area contributed by atoms with Crippen LogP contribution in [-0.4, -0.2) is 47.0 Å². The fourth-order valence-electron chi connectivity index (χ4n) is 3.17. The minimum absolute atomic E-state index is 0. The molecule has 2 N–H and O–H groups in total. The molecular formula is C18H26ClN5O2. The smallest absolute Gasteiger partial charge is 0.237 e. The van der Waals surface area contributed by atoms with Gasteiger partial charge in [-0.3, -0.25) is 10.1 Å². The average molecular weight is 380 g/mol. The van der Waals surface area contributed by atoms with Crippen LogP contribution in [-0.2, 0) is 22.5 Å². The van der Waals surface area contributed by atoms with Gasteiger partial charge in [-0.15, -0.1) is 22.6 Å². The Kier molecular flexibility index (Phi) is 8.03. The Balaban J connectivity index is 0.00000243. The molecule has 1 aromatic heterocycles. The topological polar surface area (TPSA) is 81.1 Å². The third-order valence-electron chi connectivity index (χ3n) is 4.54. The van der Waals surface area contributed by atoms with Crippen LogP contribution in [0, 0.1) is 0 Å². The van der Waals surface area contributed by atoms with Gasteiger partial charge in [0.2, 0.25) is 5.91 Å². The lowest BCUT2D eigenvalue weighted by atomic mass is 10.1. The SMILES string of the molecule is COCCn1cnnc1CCNC(=O)[C@H]1CC[C@H](c2ccccc2)N1.Cl. The molecule has 1 aromatic carbocycles. The molecule has 1 amide bonds. The summed E-state index contributed by atoms with van der Waals surface area (Å²) in [5.74, 6) is 0.917. The average Bonchev–Trinajstić information content (AvgIpc) is 3.30. The van der Waals surface area contributed by atoms with Gasteiger partial charge in [0.15, 0.2) is 0 Å². The van der Waals surface area contributed by atoms with E-state index < -0.39 is 0 Å². The number of methoxy groups -OCH3 is 1. The molecular weight excluding hydrogens is 354 g/mol. The van der Waals surface area contributed by atoms with Gasteiger partial charge in [-0.05, 0) is 18.4 Å². The van der Waals surface area contributed by atoms with E-state index in [0.717, 1.165) is 25.2 Å². The second kappa shape index (κ2) is 10.3. The van der Waals surface area contributed by atoms with Crippen molar-refractivity contribution >= 4 is 18.3 Å². The van der Waals surface area contributed by atoms with Crippen molar-refractivity contribution in [1.29, 1.82) is 0 Å². The number of aromatic nitrogens is 3. The van der Waals surface area contributed by atoms with Crippen molar-refractivity contribution in [2.24, 2.45) is 0 Å². The maximum atomic E-state index is 12.4. The van der Waals surface area contributed by atoms with Gasteiger partial charge in [0.05, 0.1) is 12.6 Å². The molecule has 8 heteroatoms. The molecule has 2 heterocycles. The van der Waals surface area contributed by atoms with Gasteiger partial charge in [0.25, 0.3) is 0 Å². The highest BCUT2D eigenvalue weighted by Crippen LogP contribution is 2.26. The number of hydrogen-bond donors (Lipinski definition) is 2. The molecule has 0 saturated carbocycles. The number of benzene rings is 1. The molecule has 2 atom stereocenters. The standard InChI is InChI=1S/C18H25N5O2.ClH/c1-25-12-11-23-13-20-22-17(23)9-10-19-18(24)16-8-7-15(21-16)14-5-3-2-4-6-14;/h2-6,13,15-16,21H,7-12H2,1H3,(H,19,24);1H/t15-,16-;/m1./s1. The van der Waals surface area contributed by atoms with Crippen LogP contribution in [0.2, 0.25) is 0 Å². The summed E-state index contributed by atoms with van der Waals surface area (Å²) >= 11 is 0. The van der Waals surface area contributed by atoms with Gasteiger partial charge in [-0.25, -0.2) is 0 Å². The van der Waals surface area contributed by atoms with Crippen LogP contribution < -0.4 is 10.6 Å². The Hall–Kier alpha value is -1.96. The van der Waals surface area contributed by atoms with E-state index >= 15 is 0 Å². The van der Waals surface area contributed by atoms with Crippen LogP contribution in [0.4, 0.5) is 0 Å². The number of halogens is 1. The van der Waals surface area contributed by atoms with E-state index in [9.17, 15) is 4.79 Å². The lowest BCUT2D eigenvalue weighted by Crippen LogP contribution is -2.41. The second-order valence-electron chi connectivity index (χ2n) is 6.23. The maximum Gasteiger partial charge on any atom is 0.237 e. The third kappa shape index (κ3) is 5.27. The predicted octanol–water partition coefficient (Wildman–Crippen LogP) is 1.50. The first kappa shape index (κ1) is 20.4. The zero-order chi connectivity index (χ0) is 17.5. The summed E-state index contributed by atoms with van der Waals surface area (Å²) in [5, 5.41) is 14.5. The highest BCUT2D eigenvalue weighted by Gasteiger charge is 2.29. The van der Waals surface area contributed by atoms with Gasteiger partial charge in [-0.1, -0.05) is 30.3 Å². The van der Waals surface area contributed by atoms with Crippen molar-refractivity contribution in [2.75, 3.05) is 20.3 Å². The van der Waals surface area contributed by atoms with Crippen molar-refractivity contribution in [3.05, 3.63) is 48.0 Å². The molecule has 2 aromatic rings. The fraction of sp³-hybridized carbons (Fsp3) is 0.500. The maximum absolute atomic E-state index is 12.4. The van der Waals surface area contributed by atoms with E-state index in [2.05, 4.69) is 33.0 Å². The normalized spacial score (nSPS) is 19.1. The summed E-state index contributed by atoms with van der Waals surface area (Å²) in [6, 6.07) is 10.4. The molecule has 1 fully saturated rings. The lowest BCUT2D eigenvalue weighted by Gasteiger charge is -2.15. The molecule has 142 valence electrons. The van der Waals surface area contributed by atoms with E-state index in [-0.39, 0.29) is 30.4 Å². The van der Waals surface area contributed by atoms with E-state index in [1.54, 1.807) is 13.4 Å². The number of carbonyl (C=O) groups is 1. The van der Waals surface area contributed by atoms with Gasteiger partial charge in [0.1, 0.15) is 12.2 Å². The molecule has 0 radical (unpaired) electrons. The summed E-state index contributed by atoms with van der Waals surface area (Å²) in [6.07, 6.45) is 4.19. The highest BCUT2D eigenvalue weighted by molar-refractivity contribution is 5.85. The summed E-state index contributed by atoms with van der Waals surface area (Å²) in [7, 11) is 1.67. The third-order valence-corrected chi connectivity index (χ3v) is 4.54. The van der Waals surface area contributed by atoms with Crippen molar-refractivity contribution in [3.63, 3.8) is 0 Å². The molecule has 0 spiro atoms. The number of rotatable bonds is 8. The first-order valence-electron chi connectivity index (χ1n) is 8.72. The Bertz CT molecular complexity index is 679. The minimum Gasteiger partial charge on any atom is -0.383 e. The quantitative estimate of drug-likeness (QED) is 0.726. The van der Waals surface area contributed by atoms with Crippen LogP contribution in [0.25, 0.3) is 0 Å². The number of nitrogens with one attached hydrogen (secondary N) is 2. The van der Waals surface area contributed by atoms with Gasteiger partial charge >= 0.3 is 0 Å². The number of ether oxygens (including phenoxy) is 1. The first-order chi connectivity index (χ1) is 12.3. The van der Waals surface area contributed by atoms with Crippen molar-refractivity contribution in [2.45, 2.75) is 37.9 Å². The van der Waals surface area contributed by atoms with Crippen LogP contribution in [0.15, 0.2) is 36.7 Å². The predicted molar refractivity (Wildman–Crippen MR) is 101 cm³/mol. The molecule has 26 heavy (non-hydrogen) atoms. The molecule has 0 unspecified atom stereocenters. The van der Waals surface area contributed by atoms with E-state index in [0.29, 0.717) is 19.6 Å². The van der Waals surface area contributed by atoms with Crippen LogP contribution >= 0.6 is 12.4 Å². The number of carbonyl (C=O) groups excluding carboxylic acids is 1. The summed E-state index contributed by atoms with van der Waals surface area (Å²) < 4.78 is 7.03. The van der Waals surface area contributed by atoms with Crippen LogP contribution in [0.3, 0.4) is 0 Å². The number of amides is 1. The second-order valence-corrected chi connectivity index (χ2v) is 6.23. The van der Waals surface area contributed by atoms with E-state index in [4.69, 9.17) is 4.74 Å². The molecule has 0 bridgehead atoms. The monoisotopic (exact) mass is 379 g/mol. The zero-order valence-electron chi connectivity index (χ0n) is 14.9. The Morgan fingerprint density at radius 1 is 1.35 bits per heavy atom. The molecule has 1 aliphatic heterocycles. The fourth-order valence-corrected chi connectivity index (χ4v) is 3.17. The highest BCUT2D eigenvalue weighted by atomic mass is 35.5. The number of hydrogen-bond acceptors (Lipinski definition) is 5. The van der Waals surface area contributed by atoms with Gasteiger partial charge < -0.3 is 14.6 Å². The van der Waals surface area contributed by atoms with Crippen molar-refractivity contribution in [1.82, 2.24) is 25.4 Å². The lowest BCUT2D eigenvalue weighted by molar-refractivity contribution is -0.122. The molecule has 0 aliphatic carbocycles.